The van der Waals surface area contributed by atoms with E-state index in [0.717, 1.165) is 23.6 Å². The van der Waals surface area contributed by atoms with Crippen LogP contribution in [0.1, 0.15) is 34.2 Å². The molecule has 0 aliphatic rings. The van der Waals surface area contributed by atoms with Crippen molar-refractivity contribution in [2.45, 2.75) is 41.0 Å². The molecule has 0 spiro atoms. The van der Waals surface area contributed by atoms with E-state index in [1.807, 2.05) is 44.5 Å². The second-order valence-electron chi connectivity index (χ2n) is 6.20. The summed E-state index contributed by atoms with van der Waals surface area (Å²) in [7, 11) is 0. The van der Waals surface area contributed by atoms with Crippen molar-refractivity contribution in [1.29, 1.82) is 0 Å². The summed E-state index contributed by atoms with van der Waals surface area (Å²) in [6, 6.07) is 7.68. The Morgan fingerprint density at radius 2 is 2.04 bits per heavy atom. The lowest BCUT2D eigenvalue weighted by Crippen LogP contribution is -2.15. The fourth-order valence-corrected chi connectivity index (χ4v) is 2.73. The van der Waals surface area contributed by atoms with Gasteiger partial charge in [0.2, 0.25) is 0 Å². The van der Waals surface area contributed by atoms with Crippen LogP contribution in [0.25, 0.3) is 0 Å². The molecule has 0 saturated carbocycles. The molecule has 0 saturated heterocycles. The largest absolute Gasteiger partial charge is 0.471 e. The van der Waals surface area contributed by atoms with Crippen molar-refractivity contribution in [3.63, 3.8) is 0 Å². The van der Waals surface area contributed by atoms with E-state index in [1.54, 1.807) is 23.1 Å². The average Bonchev–Trinajstić information content (AvgIpc) is 3.22. The van der Waals surface area contributed by atoms with Crippen molar-refractivity contribution in [1.82, 2.24) is 19.6 Å². The minimum Gasteiger partial charge on any atom is -0.471 e. The number of carbonyl (C=O) groups is 1. The summed E-state index contributed by atoms with van der Waals surface area (Å²) in [6.45, 7) is 8.96. The molecule has 1 amide bonds. The molecule has 136 valence electrons. The lowest BCUT2D eigenvalue weighted by Gasteiger charge is -2.09. The van der Waals surface area contributed by atoms with Crippen molar-refractivity contribution in [3.8, 4) is 5.75 Å². The van der Waals surface area contributed by atoms with Crippen LogP contribution in [0.15, 0.2) is 36.7 Å². The van der Waals surface area contributed by atoms with Gasteiger partial charge in [-0.05, 0) is 45.4 Å². The zero-order valence-corrected chi connectivity index (χ0v) is 15.5. The molecule has 2 aromatic heterocycles. The van der Waals surface area contributed by atoms with Gasteiger partial charge in [0, 0.05) is 12.7 Å². The molecule has 7 heteroatoms. The molecule has 1 N–H and O–H groups in total. The first kappa shape index (κ1) is 17.7. The Hall–Kier alpha value is -3.09. The number of carbonyl (C=O) groups excluding carboxylic acids is 1. The molecule has 0 fully saturated rings. The third-order valence-corrected chi connectivity index (χ3v) is 4.21. The maximum atomic E-state index is 12.4. The van der Waals surface area contributed by atoms with Gasteiger partial charge in [-0.1, -0.05) is 17.7 Å². The highest BCUT2D eigenvalue weighted by Gasteiger charge is 2.13. The number of nitrogens with zero attached hydrogens (tertiary/aromatic N) is 4. The molecule has 0 aliphatic heterocycles. The molecule has 0 unspecified atom stereocenters. The van der Waals surface area contributed by atoms with Crippen molar-refractivity contribution in [3.05, 3.63) is 59.2 Å². The number of hydrogen-bond acceptors (Lipinski definition) is 4. The lowest BCUT2D eigenvalue weighted by atomic mass is 10.1. The van der Waals surface area contributed by atoms with Gasteiger partial charge in [0.1, 0.15) is 5.75 Å². The van der Waals surface area contributed by atoms with E-state index >= 15 is 0 Å². The van der Waals surface area contributed by atoms with Gasteiger partial charge in [0.05, 0.1) is 17.6 Å². The number of rotatable bonds is 6. The number of benzene rings is 1. The Labute approximate surface area is 152 Å². The molecule has 3 aromatic rings. The maximum absolute atomic E-state index is 12.4. The second kappa shape index (κ2) is 7.43. The van der Waals surface area contributed by atoms with E-state index in [2.05, 4.69) is 21.6 Å². The third-order valence-electron chi connectivity index (χ3n) is 4.21. The van der Waals surface area contributed by atoms with Gasteiger partial charge in [0.15, 0.2) is 12.4 Å². The third kappa shape index (κ3) is 3.77. The second-order valence-corrected chi connectivity index (χ2v) is 6.20. The fourth-order valence-electron chi connectivity index (χ4n) is 2.73. The molecule has 26 heavy (non-hydrogen) atoms. The Morgan fingerprint density at radius 3 is 2.73 bits per heavy atom. The summed E-state index contributed by atoms with van der Waals surface area (Å²) < 4.78 is 9.20. The predicted molar refractivity (Wildman–Crippen MR) is 99.4 cm³/mol. The molecule has 0 bridgehead atoms. The summed E-state index contributed by atoms with van der Waals surface area (Å²) in [5, 5.41) is 11.3. The topological polar surface area (TPSA) is 74.0 Å². The molecular weight excluding hydrogens is 330 g/mol. The molecule has 2 heterocycles. The van der Waals surface area contributed by atoms with Gasteiger partial charge in [-0.15, -0.1) is 0 Å². The van der Waals surface area contributed by atoms with E-state index < -0.39 is 0 Å². The Balaban J connectivity index is 1.63. The number of amides is 1. The summed E-state index contributed by atoms with van der Waals surface area (Å²) in [5.74, 6) is 0.536. The summed E-state index contributed by atoms with van der Waals surface area (Å²) >= 11 is 0. The number of anilines is 1. The summed E-state index contributed by atoms with van der Waals surface area (Å²) in [6.07, 6.45) is 3.37. The van der Waals surface area contributed by atoms with Crippen molar-refractivity contribution < 1.29 is 9.53 Å². The Kier molecular flexibility index (Phi) is 5.06. The molecule has 1 aromatic carbocycles. The number of hydrogen-bond donors (Lipinski definition) is 1. The molecule has 0 atom stereocenters. The van der Waals surface area contributed by atoms with E-state index in [4.69, 9.17) is 4.74 Å². The van der Waals surface area contributed by atoms with Crippen molar-refractivity contribution in [2.24, 2.45) is 0 Å². The normalized spacial score (nSPS) is 10.8. The Morgan fingerprint density at radius 1 is 1.23 bits per heavy atom. The van der Waals surface area contributed by atoms with Gasteiger partial charge in [0.25, 0.3) is 5.91 Å². The standard InChI is InChI=1S/C19H23N5O2/c1-5-24-15(4)17(11-20-24)21-19(25)16-8-9-23(22-16)12-26-18-7-6-13(2)10-14(18)3/h6-11H,5,12H2,1-4H3,(H,21,25). The minimum absolute atomic E-state index is 0.240. The van der Waals surface area contributed by atoms with Gasteiger partial charge in [-0.2, -0.15) is 10.2 Å². The monoisotopic (exact) mass is 353 g/mol. The number of aryl methyl sites for hydroxylation is 3. The molecule has 0 aliphatic carbocycles. The van der Waals surface area contributed by atoms with Crippen LogP contribution in [0, 0.1) is 20.8 Å². The molecule has 3 rings (SSSR count). The molecular formula is C19H23N5O2. The number of aromatic nitrogens is 4. The van der Waals surface area contributed by atoms with Gasteiger partial charge < -0.3 is 10.1 Å². The average molecular weight is 353 g/mol. The van der Waals surface area contributed by atoms with Gasteiger partial charge in [-0.25, -0.2) is 4.68 Å². The number of nitrogens with one attached hydrogen (secondary N) is 1. The maximum Gasteiger partial charge on any atom is 0.276 e. The van der Waals surface area contributed by atoms with Crippen molar-refractivity contribution in [2.75, 3.05) is 5.32 Å². The highest BCUT2D eigenvalue weighted by atomic mass is 16.5. The predicted octanol–water partition coefficient (Wildman–Crippen LogP) is 3.31. The molecule has 0 radical (unpaired) electrons. The van der Waals surface area contributed by atoms with E-state index in [1.165, 1.54) is 5.56 Å². The zero-order chi connectivity index (χ0) is 18.7. The van der Waals surface area contributed by atoms with Gasteiger partial charge in [-0.3, -0.25) is 9.48 Å². The van der Waals surface area contributed by atoms with Crippen LogP contribution in [0.4, 0.5) is 5.69 Å². The fraction of sp³-hybridized carbons (Fsp3) is 0.316. The highest BCUT2D eigenvalue weighted by Crippen LogP contribution is 2.19. The van der Waals surface area contributed by atoms with E-state index in [0.29, 0.717) is 11.4 Å². The smallest absolute Gasteiger partial charge is 0.276 e. The van der Waals surface area contributed by atoms with Crippen LogP contribution in [0.2, 0.25) is 0 Å². The Bertz CT molecular complexity index is 926. The first-order chi connectivity index (χ1) is 12.5. The molecule has 7 nitrogen and oxygen atoms in total. The first-order valence-corrected chi connectivity index (χ1v) is 8.55. The van der Waals surface area contributed by atoms with Crippen LogP contribution in [0.5, 0.6) is 5.75 Å². The van der Waals surface area contributed by atoms with E-state index in [9.17, 15) is 4.79 Å². The van der Waals surface area contributed by atoms with E-state index in [-0.39, 0.29) is 12.6 Å². The first-order valence-electron chi connectivity index (χ1n) is 8.55. The SMILES string of the molecule is CCn1ncc(NC(=O)c2ccn(COc3ccc(C)cc3C)n2)c1C. The summed E-state index contributed by atoms with van der Waals surface area (Å²) in [5.41, 5.74) is 4.20. The zero-order valence-electron chi connectivity index (χ0n) is 15.5. The number of ether oxygens (including phenoxy) is 1. The van der Waals surface area contributed by atoms with Gasteiger partial charge >= 0.3 is 0 Å². The van der Waals surface area contributed by atoms with Crippen LogP contribution in [-0.2, 0) is 13.3 Å². The van der Waals surface area contributed by atoms with Crippen molar-refractivity contribution >= 4 is 11.6 Å². The van der Waals surface area contributed by atoms with Crippen LogP contribution in [0.3, 0.4) is 0 Å². The minimum atomic E-state index is -0.269. The van der Waals surface area contributed by atoms with Crippen LogP contribution >= 0.6 is 0 Å². The quantitative estimate of drug-likeness (QED) is 0.738. The van der Waals surface area contributed by atoms with Crippen LogP contribution in [-0.4, -0.2) is 25.5 Å². The summed E-state index contributed by atoms with van der Waals surface area (Å²) in [4.78, 5) is 12.4. The lowest BCUT2D eigenvalue weighted by molar-refractivity contribution is 0.102. The van der Waals surface area contributed by atoms with Crippen LogP contribution < -0.4 is 10.1 Å². The highest BCUT2D eigenvalue weighted by molar-refractivity contribution is 6.03.